The Kier molecular flexibility index (Phi) is 3.43. The molecule has 1 unspecified atom stereocenters. The lowest BCUT2D eigenvalue weighted by molar-refractivity contribution is 0.640. The largest absolute Gasteiger partial charge is 0.327 e. The molecule has 0 amide bonds. The molecule has 102 valence electrons. The van der Waals surface area contributed by atoms with Gasteiger partial charge in [0.25, 0.3) is 0 Å². The zero-order chi connectivity index (χ0) is 13.9. The molecule has 0 bridgehead atoms. The van der Waals surface area contributed by atoms with Crippen LogP contribution < -0.4 is 5.73 Å². The van der Waals surface area contributed by atoms with E-state index in [2.05, 4.69) is 29.1 Å². The molecule has 0 saturated heterocycles. The maximum Gasteiger partial charge on any atom is 0.159 e. The van der Waals surface area contributed by atoms with E-state index in [1.165, 1.54) is 6.33 Å². The van der Waals surface area contributed by atoms with Gasteiger partial charge in [-0.15, -0.1) is 0 Å². The first kappa shape index (κ1) is 12.7. The Labute approximate surface area is 117 Å². The Morgan fingerprint density at radius 3 is 2.90 bits per heavy atom. The Hall–Kier alpha value is -2.27. The normalized spacial score (nSPS) is 12.7. The van der Waals surface area contributed by atoms with E-state index in [4.69, 9.17) is 10.7 Å². The molecule has 3 rings (SSSR count). The Balaban J connectivity index is 2.16. The topological polar surface area (TPSA) is 69.6 Å². The van der Waals surface area contributed by atoms with Crippen LogP contribution in [-0.4, -0.2) is 25.8 Å². The van der Waals surface area contributed by atoms with Crippen LogP contribution in [-0.2, 0) is 6.42 Å². The van der Waals surface area contributed by atoms with Gasteiger partial charge >= 0.3 is 0 Å². The average Bonchev–Trinajstić information content (AvgIpc) is 3.00. The van der Waals surface area contributed by atoms with Gasteiger partial charge in [0.05, 0.1) is 5.52 Å². The van der Waals surface area contributed by atoms with Gasteiger partial charge in [-0.25, -0.2) is 14.6 Å². The molecular weight excluding hydrogens is 250 g/mol. The monoisotopic (exact) mass is 267 g/mol. The summed E-state index contributed by atoms with van der Waals surface area (Å²) in [5, 5.41) is 5.31. The second-order valence-electron chi connectivity index (χ2n) is 4.88. The molecule has 0 fully saturated rings. The van der Waals surface area contributed by atoms with Crippen molar-refractivity contribution in [2.45, 2.75) is 25.8 Å². The molecule has 3 aromatic rings. The summed E-state index contributed by atoms with van der Waals surface area (Å²) in [5.74, 6) is 0.810. The fourth-order valence-electron chi connectivity index (χ4n) is 2.24. The van der Waals surface area contributed by atoms with E-state index in [-0.39, 0.29) is 6.04 Å². The van der Waals surface area contributed by atoms with Gasteiger partial charge in [-0.2, -0.15) is 5.10 Å². The van der Waals surface area contributed by atoms with Gasteiger partial charge in [-0.1, -0.05) is 25.1 Å². The molecule has 0 spiro atoms. The summed E-state index contributed by atoms with van der Waals surface area (Å²) >= 11 is 0. The lowest BCUT2D eigenvalue weighted by Crippen LogP contribution is -2.22. The van der Waals surface area contributed by atoms with Crippen molar-refractivity contribution in [3.8, 4) is 5.82 Å². The first-order valence-corrected chi connectivity index (χ1v) is 6.77. The Bertz CT molecular complexity index is 705. The van der Waals surface area contributed by atoms with Gasteiger partial charge in [-0.05, 0) is 30.5 Å². The number of para-hydroxylation sites is 1. The minimum Gasteiger partial charge on any atom is -0.327 e. The number of aromatic nitrogens is 4. The molecule has 0 aliphatic rings. The number of pyridine rings is 1. The highest BCUT2D eigenvalue weighted by atomic mass is 15.3. The van der Waals surface area contributed by atoms with Crippen LogP contribution in [0.15, 0.2) is 43.0 Å². The molecule has 0 aliphatic heterocycles. The highest BCUT2D eigenvalue weighted by Crippen LogP contribution is 2.20. The number of hydrogen-bond acceptors (Lipinski definition) is 4. The van der Waals surface area contributed by atoms with E-state index < -0.39 is 0 Å². The molecule has 1 atom stereocenters. The van der Waals surface area contributed by atoms with Crippen molar-refractivity contribution in [3.63, 3.8) is 0 Å². The van der Waals surface area contributed by atoms with Crippen molar-refractivity contribution in [2.24, 2.45) is 5.73 Å². The highest BCUT2D eigenvalue weighted by Gasteiger charge is 2.12. The van der Waals surface area contributed by atoms with Crippen molar-refractivity contribution in [3.05, 3.63) is 48.5 Å². The third-order valence-electron chi connectivity index (χ3n) is 3.42. The van der Waals surface area contributed by atoms with Crippen LogP contribution in [0.4, 0.5) is 0 Å². The van der Waals surface area contributed by atoms with E-state index in [1.807, 2.05) is 18.2 Å². The van der Waals surface area contributed by atoms with Crippen LogP contribution >= 0.6 is 0 Å². The predicted octanol–water partition coefficient (Wildman–Crippen LogP) is 2.10. The van der Waals surface area contributed by atoms with E-state index in [0.29, 0.717) is 0 Å². The second kappa shape index (κ2) is 5.38. The smallest absolute Gasteiger partial charge is 0.159 e. The quantitative estimate of drug-likeness (QED) is 0.786. The SMILES string of the molecule is CCC(N)Cc1cc2ccccc2nc1-n1cncn1. The molecule has 0 radical (unpaired) electrons. The Morgan fingerprint density at radius 1 is 1.30 bits per heavy atom. The molecule has 2 heterocycles. The zero-order valence-corrected chi connectivity index (χ0v) is 11.4. The van der Waals surface area contributed by atoms with Gasteiger partial charge < -0.3 is 5.73 Å². The summed E-state index contributed by atoms with van der Waals surface area (Å²) in [6.45, 7) is 2.09. The van der Waals surface area contributed by atoms with Crippen molar-refractivity contribution in [2.75, 3.05) is 0 Å². The van der Waals surface area contributed by atoms with Crippen molar-refractivity contribution < 1.29 is 0 Å². The van der Waals surface area contributed by atoms with Crippen molar-refractivity contribution in [1.82, 2.24) is 19.7 Å². The maximum absolute atomic E-state index is 6.10. The number of hydrogen-bond donors (Lipinski definition) is 1. The molecule has 5 nitrogen and oxygen atoms in total. The molecule has 0 aliphatic carbocycles. The van der Waals surface area contributed by atoms with E-state index in [1.54, 1.807) is 11.0 Å². The number of fused-ring (bicyclic) bond motifs is 1. The van der Waals surface area contributed by atoms with Gasteiger partial charge in [0.15, 0.2) is 5.82 Å². The predicted molar refractivity (Wildman–Crippen MR) is 78.6 cm³/mol. The summed E-state index contributed by atoms with van der Waals surface area (Å²) in [7, 11) is 0. The third-order valence-corrected chi connectivity index (χ3v) is 3.42. The van der Waals surface area contributed by atoms with Crippen LogP contribution in [0.3, 0.4) is 0 Å². The Morgan fingerprint density at radius 2 is 2.15 bits per heavy atom. The fourth-order valence-corrected chi connectivity index (χ4v) is 2.24. The van der Waals surface area contributed by atoms with Crippen LogP contribution in [0, 0.1) is 0 Å². The molecule has 2 N–H and O–H groups in total. The summed E-state index contributed by atoms with van der Waals surface area (Å²) in [4.78, 5) is 8.71. The molecule has 1 aromatic carbocycles. The number of benzene rings is 1. The summed E-state index contributed by atoms with van der Waals surface area (Å²) in [6.07, 6.45) is 4.89. The molecule has 20 heavy (non-hydrogen) atoms. The van der Waals surface area contributed by atoms with E-state index in [0.717, 1.165) is 35.1 Å². The van der Waals surface area contributed by atoms with E-state index in [9.17, 15) is 0 Å². The summed E-state index contributed by atoms with van der Waals surface area (Å²) < 4.78 is 1.70. The minimum absolute atomic E-state index is 0.125. The highest BCUT2D eigenvalue weighted by molar-refractivity contribution is 5.80. The minimum atomic E-state index is 0.125. The van der Waals surface area contributed by atoms with Gasteiger partial charge in [0, 0.05) is 11.4 Å². The first-order chi connectivity index (χ1) is 9.78. The molecular formula is C15H17N5. The van der Waals surface area contributed by atoms with Crippen molar-refractivity contribution in [1.29, 1.82) is 0 Å². The maximum atomic E-state index is 6.10. The van der Waals surface area contributed by atoms with Gasteiger partial charge in [0.1, 0.15) is 12.7 Å². The molecule has 2 aromatic heterocycles. The number of nitrogens with two attached hydrogens (primary N) is 1. The molecule has 0 saturated carbocycles. The van der Waals surface area contributed by atoms with Crippen LogP contribution in [0.5, 0.6) is 0 Å². The molecule has 5 heteroatoms. The number of rotatable bonds is 4. The fraction of sp³-hybridized carbons (Fsp3) is 0.267. The average molecular weight is 267 g/mol. The van der Waals surface area contributed by atoms with Gasteiger partial charge in [-0.3, -0.25) is 0 Å². The van der Waals surface area contributed by atoms with Crippen LogP contribution in [0.2, 0.25) is 0 Å². The zero-order valence-electron chi connectivity index (χ0n) is 11.4. The summed E-state index contributed by atoms with van der Waals surface area (Å²) in [5.41, 5.74) is 8.15. The first-order valence-electron chi connectivity index (χ1n) is 6.77. The standard InChI is InChI=1S/C15H17N5/c1-2-13(16)8-12-7-11-5-3-4-6-14(11)19-15(12)20-10-17-9-18-20/h3-7,9-10,13H,2,8,16H2,1H3. The second-order valence-corrected chi connectivity index (χ2v) is 4.88. The lowest BCUT2D eigenvalue weighted by atomic mass is 10.0. The number of nitrogens with zero attached hydrogens (tertiary/aromatic N) is 4. The van der Waals surface area contributed by atoms with Gasteiger partial charge in [0.2, 0.25) is 0 Å². The summed E-state index contributed by atoms with van der Waals surface area (Å²) in [6, 6.07) is 10.3. The lowest BCUT2D eigenvalue weighted by Gasteiger charge is -2.13. The van der Waals surface area contributed by atoms with E-state index >= 15 is 0 Å². The van der Waals surface area contributed by atoms with Crippen molar-refractivity contribution >= 4 is 10.9 Å². The third kappa shape index (κ3) is 2.40. The van der Waals surface area contributed by atoms with Crippen LogP contribution in [0.25, 0.3) is 16.7 Å². The van der Waals surface area contributed by atoms with Crippen LogP contribution in [0.1, 0.15) is 18.9 Å².